The minimum absolute atomic E-state index is 0.414. The Morgan fingerprint density at radius 2 is 2.05 bits per heavy atom. The van der Waals surface area contributed by atoms with Crippen molar-refractivity contribution >= 4 is 0 Å². The van der Waals surface area contributed by atoms with Crippen LogP contribution in [0, 0.1) is 6.92 Å². The monoisotopic (exact) mass is 256 g/mol. The summed E-state index contributed by atoms with van der Waals surface area (Å²) in [5.41, 5.74) is 5.42. The van der Waals surface area contributed by atoms with Gasteiger partial charge in [-0.2, -0.15) is 5.10 Å². The second kappa shape index (κ2) is 6.05. The van der Waals surface area contributed by atoms with Gasteiger partial charge in [0.05, 0.1) is 6.20 Å². The smallest absolute Gasteiger partial charge is 0.0568 e. The fraction of sp³-hybridized carbons (Fsp3) is 0.471. The molecule has 0 fully saturated rings. The van der Waals surface area contributed by atoms with E-state index in [0.717, 1.165) is 6.42 Å². The summed E-state index contributed by atoms with van der Waals surface area (Å²) in [7, 11) is 0. The summed E-state index contributed by atoms with van der Waals surface area (Å²) in [5, 5.41) is 4.47. The molecule has 2 aromatic rings. The Hall–Kier alpha value is -1.57. The third-order valence-corrected chi connectivity index (χ3v) is 3.58. The van der Waals surface area contributed by atoms with Gasteiger partial charge in [0.15, 0.2) is 0 Å². The summed E-state index contributed by atoms with van der Waals surface area (Å²) in [6.45, 7) is 8.75. The van der Waals surface area contributed by atoms with E-state index in [4.69, 9.17) is 0 Å². The molecule has 1 aromatic heterocycles. The Kier molecular flexibility index (Phi) is 4.41. The minimum atomic E-state index is 0.414. The van der Waals surface area contributed by atoms with Gasteiger partial charge in [0, 0.05) is 17.8 Å². The highest BCUT2D eigenvalue weighted by Gasteiger charge is 2.10. The molecule has 102 valence electrons. The normalized spacial score (nSPS) is 11.2. The number of benzene rings is 1. The zero-order chi connectivity index (χ0) is 13.8. The van der Waals surface area contributed by atoms with Crippen LogP contribution in [0.2, 0.25) is 0 Å². The molecular weight excluding hydrogens is 232 g/mol. The van der Waals surface area contributed by atoms with Gasteiger partial charge in [0.25, 0.3) is 0 Å². The lowest BCUT2D eigenvalue weighted by atomic mass is 9.94. The molecule has 0 aliphatic heterocycles. The summed E-state index contributed by atoms with van der Waals surface area (Å²) >= 11 is 0. The summed E-state index contributed by atoms with van der Waals surface area (Å²) in [6.07, 6.45) is 7.80. The Balaban J connectivity index is 2.41. The largest absolute Gasteiger partial charge is 0.270 e. The van der Waals surface area contributed by atoms with Gasteiger partial charge in [-0.1, -0.05) is 31.5 Å². The maximum absolute atomic E-state index is 4.47. The first-order valence-corrected chi connectivity index (χ1v) is 7.26. The van der Waals surface area contributed by atoms with Crippen molar-refractivity contribution in [3.8, 4) is 11.1 Å². The van der Waals surface area contributed by atoms with Crippen LogP contribution in [0.5, 0.6) is 0 Å². The zero-order valence-corrected chi connectivity index (χ0v) is 12.5. The standard InChI is InChI=1S/C17H24N2/c1-5-6-9-15-10-7-8-14(4)17(15)16-11-18-19(12-16)13(2)3/h7-8,10-13H,5-6,9H2,1-4H3. The van der Waals surface area contributed by atoms with E-state index < -0.39 is 0 Å². The average Bonchev–Trinajstić information content (AvgIpc) is 2.85. The van der Waals surface area contributed by atoms with Crippen LogP contribution in [0.25, 0.3) is 11.1 Å². The highest BCUT2D eigenvalue weighted by Crippen LogP contribution is 2.28. The van der Waals surface area contributed by atoms with Crippen molar-refractivity contribution in [2.24, 2.45) is 0 Å². The Morgan fingerprint density at radius 3 is 2.68 bits per heavy atom. The van der Waals surface area contributed by atoms with Crippen molar-refractivity contribution < 1.29 is 0 Å². The molecule has 1 aromatic carbocycles. The van der Waals surface area contributed by atoms with Crippen molar-refractivity contribution in [1.82, 2.24) is 9.78 Å². The fourth-order valence-corrected chi connectivity index (χ4v) is 2.47. The third kappa shape index (κ3) is 3.06. The van der Waals surface area contributed by atoms with E-state index in [0.29, 0.717) is 6.04 Å². The van der Waals surface area contributed by atoms with E-state index in [9.17, 15) is 0 Å². The molecule has 0 atom stereocenters. The van der Waals surface area contributed by atoms with Crippen LogP contribution in [0.4, 0.5) is 0 Å². The molecule has 0 spiro atoms. The number of hydrogen-bond donors (Lipinski definition) is 0. The maximum atomic E-state index is 4.47. The lowest BCUT2D eigenvalue weighted by Crippen LogP contribution is -1.99. The zero-order valence-electron chi connectivity index (χ0n) is 12.5. The maximum Gasteiger partial charge on any atom is 0.0568 e. The highest BCUT2D eigenvalue weighted by atomic mass is 15.3. The van der Waals surface area contributed by atoms with Crippen molar-refractivity contribution in [3.63, 3.8) is 0 Å². The molecule has 0 aliphatic rings. The molecule has 19 heavy (non-hydrogen) atoms. The Morgan fingerprint density at radius 1 is 1.26 bits per heavy atom. The highest BCUT2D eigenvalue weighted by molar-refractivity contribution is 5.69. The molecule has 0 aliphatic carbocycles. The van der Waals surface area contributed by atoms with Crippen LogP contribution in [0.15, 0.2) is 30.6 Å². The topological polar surface area (TPSA) is 17.8 Å². The lowest BCUT2D eigenvalue weighted by molar-refractivity contribution is 0.532. The molecule has 0 N–H and O–H groups in total. The predicted octanol–water partition coefficient (Wildman–Crippen LogP) is 4.78. The first kappa shape index (κ1) is 13.9. The SMILES string of the molecule is CCCCc1cccc(C)c1-c1cnn(C(C)C)c1. The third-order valence-electron chi connectivity index (χ3n) is 3.58. The molecule has 1 heterocycles. The van der Waals surface area contributed by atoms with Crippen LogP contribution in [0.1, 0.15) is 50.8 Å². The molecule has 0 unspecified atom stereocenters. The summed E-state index contributed by atoms with van der Waals surface area (Å²) in [4.78, 5) is 0. The van der Waals surface area contributed by atoms with Crippen LogP contribution in [-0.4, -0.2) is 9.78 Å². The number of hydrogen-bond acceptors (Lipinski definition) is 1. The van der Waals surface area contributed by atoms with Crippen LogP contribution in [0.3, 0.4) is 0 Å². The molecule has 0 bridgehead atoms. The molecular formula is C17H24N2. The van der Waals surface area contributed by atoms with Crippen LogP contribution in [-0.2, 0) is 6.42 Å². The molecule has 0 radical (unpaired) electrons. The molecule has 0 amide bonds. The van der Waals surface area contributed by atoms with Crippen molar-refractivity contribution in [2.75, 3.05) is 0 Å². The molecule has 2 heteroatoms. The van der Waals surface area contributed by atoms with E-state index in [1.807, 2.05) is 10.9 Å². The first-order chi connectivity index (χ1) is 9.13. The van der Waals surface area contributed by atoms with Crippen molar-refractivity contribution in [3.05, 3.63) is 41.7 Å². The second-order valence-electron chi connectivity index (χ2n) is 5.52. The second-order valence-corrected chi connectivity index (χ2v) is 5.52. The molecule has 2 rings (SSSR count). The molecule has 0 saturated heterocycles. The first-order valence-electron chi connectivity index (χ1n) is 7.26. The van der Waals surface area contributed by atoms with E-state index >= 15 is 0 Å². The number of rotatable bonds is 5. The van der Waals surface area contributed by atoms with E-state index in [1.54, 1.807) is 0 Å². The molecule has 0 saturated carbocycles. The average molecular weight is 256 g/mol. The van der Waals surface area contributed by atoms with Crippen LogP contribution < -0.4 is 0 Å². The molecule has 2 nitrogen and oxygen atoms in total. The number of aryl methyl sites for hydroxylation is 2. The number of unbranched alkanes of at least 4 members (excludes halogenated alkanes) is 1. The van der Waals surface area contributed by atoms with Crippen LogP contribution >= 0.6 is 0 Å². The van der Waals surface area contributed by atoms with Gasteiger partial charge in [-0.25, -0.2) is 0 Å². The number of nitrogens with zero attached hydrogens (tertiary/aromatic N) is 2. The quantitative estimate of drug-likeness (QED) is 0.752. The minimum Gasteiger partial charge on any atom is -0.270 e. The Labute approximate surface area is 116 Å². The van der Waals surface area contributed by atoms with Gasteiger partial charge < -0.3 is 0 Å². The predicted molar refractivity (Wildman–Crippen MR) is 81.4 cm³/mol. The van der Waals surface area contributed by atoms with Crippen molar-refractivity contribution in [1.29, 1.82) is 0 Å². The number of aromatic nitrogens is 2. The summed E-state index contributed by atoms with van der Waals surface area (Å²) < 4.78 is 2.03. The van der Waals surface area contributed by atoms with E-state index in [2.05, 4.69) is 57.2 Å². The van der Waals surface area contributed by atoms with Gasteiger partial charge in [0.1, 0.15) is 0 Å². The summed E-state index contributed by atoms with van der Waals surface area (Å²) in [6, 6.07) is 7.02. The van der Waals surface area contributed by atoms with E-state index in [-0.39, 0.29) is 0 Å². The van der Waals surface area contributed by atoms with Gasteiger partial charge in [0.2, 0.25) is 0 Å². The lowest BCUT2D eigenvalue weighted by Gasteiger charge is -2.11. The van der Waals surface area contributed by atoms with Crippen molar-refractivity contribution in [2.45, 2.75) is 53.0 Å². The van der Waals surface area contributed by atoms with E-state index in [1.165, 1.54) is 35.1 Å². The van der Waals surface area contributed by atoms with Gasteiger partial charge in [-0.15, -0.1) is 0 Å². The van der Waals surface area contributed by atoms with Gasteiger partial charge >= 0.3 is 0 Å². The Bertz CT molecular complexity index is 538. The summed E-state index contributed by atoms with van der Waals surface area (Å²) in [5.74, 6) is 0. The van der Waals surface area contributed by atoms with Gasteiger partial charge in [-0.05, 0) is 50.3 Å². The van der Waals surface area contributed by atoms with Gasteiger partial charge in [-0.3, -0.25) is 4.68 Å². The fourth-order valence-electron chi connectivity index (χ4n) is 2.47.